The summed E-state index contributed by atoms with van der Waals surface area (Å²) in [6.07, 6.45) is 9.78. The summed E-state index contributed by atoms with van der Waals surface area (Å²) < 4.78 is 0. The number of hydrogen-bond acceptors (Lipinski definition) is 2. The first-order valence-corrected chi connectivity index (χ1v) is 7.21. The molecule has 0 spiro atoms. The average molecular weight is 270 g/mol. The molecule has 0 unspecified atom stereocenters. The summed E-state index contributed by atoms with van der Waals surface area (Å²) in [6, 6.07) is 8.23. The Morgan fingerprint density at radius 2 is 2.00 bits per heavy atom. The highest BCUT2D eigenvalue weighted by molar-refractivity contribution is 5.78. The topological polar surface area (TPSA) is 55.8 Å². The molecule has 4 heteroatoms. The van der Waals surface area contributed by atoms with E-state index >= 15 is 0 Å². The second-order valence-electron chi connectivity index (χ2n) is 4.90. The Balaban J connectivity index is 1.98. The van der Waals surface area contributed by atoms with E-state index in [2.05, 4.69) is 41.2 Å². The summed E-state index contributed by atoms with van der Waals surface area (Å²) >= 11 is 0. The molecule has 0 aliphatic heterocycles. The zero-order chi connectivity index (χ0) is 14.2. The van der Waals surface area contributed by atoms with Crippen LogP contribution < -0.4 is 4.90 Å². The number of aromatic amines is 1. The second-order valence-corrected chi connectivity index (χ2v) is 4.90. The Hall–Kier alpha value is -2.10. The molecule has 1 aromatic heterocycles. The van der Waals surface area contributed by atoms with E-state index in [9.17, 15) is 0 Å². The van der Waals surface area contributed by atoms with Gasteiger partial charge < -0.3 is 9.88 Å². The Kier molecular flexibility index (Phi) is 5.35. The molecule has 0 aliphatic carbocycles. The minimum absolute atomic E-state index is 0.910. The van der Waals surface area contributed by atoms with Crippen LogP contribution in [0.3, 0.4) is 0 Å². The quantitative estimate of drug-likeness (QED) is 0.431. The third-order valence-corrected chi connectivity index (χ3v) is 3.42. The van der Waals surface area contributed by atoms with E-state index < -0.39 is 0 Å². The van der Waals surface area contributed by atoms with Crippen molar-refractivity contribution in [3.8, 4) is 11.3 Å². The normalized spacial score (nSPS) is 10.4. The summed E-state index contributed by atoms with van der Waals surface area (Å²) in [6.45, 7) is 3.12. The molecule has 0 amide bonds. The van der Waals surface area contributed by atoms with Crippen molar-refractivity contribution in [3.05, 3.63) is 36.8 Å². The molecule has 0 atom stereocenters. The lowest BCUT2D eigenvalue weighted by molar-refractivity contribution is 0.672. The van der Waals surface area contributed by atoms with E-state index in [0.717, 1.165) is 29.9 Å². The Labute approximate surface area is 120 Å². The molecule has 0 aliphatic rings. The van der Waals surface area contributed by atoms with Crippen LogP contribution in [-0.2, 0) is 0 Å². The van der Waals surface area contributed by atoms with Crippen molar-refractivity contribution in [1.29, 1.82) is 5.41 Å². The predicted molar refractivity (Wildman–Crippen MR) is 84.3 cm³/mol. The number of anilines is 1. The van der Waals surface area contributed by atoms with Gasteiger partial charge in [-0.05, 0) is 24.1 Å². The van der Waals surface area contributed by atoms with Gasteiger partial charge >= 0.3 is 0 Å². The molecular weight excluding hydrogens is 248 g/mol. The molecule has 106 valence electrons. The smallest absolute Gasteiger partial charge is 0.0924 e. The Bertz CT molecular complexity index is 502. The molecule has 0 saturated carbocycles. The molecule has 0 radical (unpaired) electrons. The highest BCUT2D eigenvalue weighted by Gasteiger charge is 2.04. The number of benzene rings is 1. The van der Waals surface area contributed by atoms with Crippen LogP contribution in [-0.4, -0.2) is 22.9 Å². The van der Waals surface area contributed by atoms with Gasteiger partial charge in [-0.1, -0.05) is 38.3 Å². The molecule has 0 bridgehead atoms. The molecule has 2 rings (SSSR count). The van der Waals surface area contributed by atoms with E-state index in [1.54, 1.807) is 6.33 Å². The molecule has 2 N–H and O–H groups in total. The summed E-state index contributed by atoms with van der Waals surface area (Å²) in [5.41, 5.74) is 3.20. The van der Waals surface area contributed by atoms with Crippen LogP contribution in [0.4, 0.5) is 5.69 Å². The molecule has 1 heterocycles. The number of imidazole rings is 1. The van der Waals surface area contributed by atoms with Gasteiger partial charge in [0, 0.05) is 12.2 Å². The molecule has 0 fully saturated rings. The van der Waals surface area contributed by atoms with E-state index in [0.29, 0.717) is 0 Å². The van der Waals surface area contributed by atoms with Crippen LogP contribution in [0.5, 0.6) is 0 Å². The van der Waals surface area contributed by atoms with Crippen LogP contribution in [0, 0.1) is 5.41 Å². The van der Waals surface area contributed by atoms with E-state index in [1.807, 2.05) is 11.1 Å². The van der Waals surface area contributed by atoms with Crippen molar-refractivity contribution in [1.82, 2.24) is 9.97 Å². The van der Waals surface area contributed by atoms with Gasteiger partial charge in [0.05, 0.1) is 24.6 Å². The maximum absolute atomic E-state index is 7.56. The summed E-state index contributed by atoms with van der Waals surface area (Å²) in [4.78, 5) is 9.12. The maximum atomic E-state index is 7.56. The lowest BCUT2D eigenvalue weighted by Crippen LogP contribution is -2.21. The third kappa shape index (κ3) is 3.70. The van der Waals surface area contributed by atoms with Crippen molar-refractivity contribution in [2.75, 3.05) is 11.4 Å². The van der Waals surface area contributed by atoms with E-state index in [-0.39, 0.29) is 0 Å². The molecular formula is C16H22N4. The number of H-pyrrole nitrogens is 1. The van der Waals surface area contributed by atoms with Crippen LogP contribution in [0.25, 0.3) is 11.3 Å². The zero-order valence-corrected chi connectivity index (χ0v) is 12.0. The van der Waals surface area contributed by atoms with Gasteiger partial charge in [-0.15, -0.1) is 0 Å². The largest absolute Gasteiger partial charge is 0.345 e. The van der Waals surface area contributed by atoms with Crippen molar-refractivity contribution in [3.63, 3.8) is 0 Å². The Morgan fingerprint density at radius 3 is 2.60 bits per heavy atom. The summed E-state index contributed by atoms with van der Waals surface area (Å²) in [7, 11) is 0. The highest BCUT2D eigenvalue weighted by Crippen LogP contribution is 2.21. The van der Waals surface area contributed by atoms with Crippen LogP contribution >= 0.6 is 0 Å². The molecule has 2 aromatic rings. The maximum Gasteiger partial charge on any atom is 0.0924 e. The first-order valence-electron chi connectivity index (χ1n) is 7.21. The fourth-order valence-electron chi connectivity index (χ4n) is 2.22. The number of hydrogen-bond donors (Lipinski definition) is 2. The summed E-state index contributed by atoms with van der Waals surface area (Å²) in [5, 5.41) is 7.56. The van der Waals surface area contributed by atoms with Crippen molar-refractivity contribution >= 4 is 12.0 Å². The minimum atomic E-state index is 0.910. The number of aromatic nitrogens is 2. The molecule has 1 aromatic carbocycles. The lowest BCUT2D eigenvalue weighted by Gasteiger charge is -2.19. The average Bonchev–Trinajstić information content (AvgIpc) is 3.02. The number of nitrogens with one attached hydrogen (secondary N) is 2. The van der Waals surface area contributed by atoms with Crippen molar-refractivity contribution in [2.24, 2.45) is 0 Å². The standard InChI is InChI=1S/C16H22N4/c1-2-3-4-5-10-20(12-17)15-8-6-14(7-9-15)16-11-18-13-19-16/h6-9,11-13,17H,2-5,10H2,1H3,(H,18,19). The zero-order valence-electron chi connectivity index (χ0n) is 12.0. The first-order chi connectivity index (χ1) is 9.85. The van der Waals surface area contributed by atoms with Crippen molar-refractivity contribution in [2.45, 2.75) is 32.6 Å². The summed E-state index contributed by atoms with van der Waals surface area (Å²) in [5.74, 6) is 0. The van der Waals surface area contributed by atoms with Gasteiger partial charge in [0.2, 0.25) is 0 Å². The van der Waals surface area contributed by atoms with Crippen LogP contribution in [0.2, 0.25) is 0 Å². The third-order valence-electron chi connectivity index (χ3n) is 3.42. The lowest BCUT2D eigenvalue weighted by atomic mass is 10.1. The van der Waals surface area contributed by atoms with E-state index in [1.165, 1.54) is 25.6 Å². The number of nitrogens with zero attached hydrogens (tertiary/aromatic N) is 2. The van der Waals surface area contributed by atoms with Gasteiger partial charge in [0.15, 0.2) is 0 Å². The Morgan fingerprint density at radius 1 is 1.20 bits per heavy atom. The fourth-order valence-corrected chi connectivity index (χ4v) is 2.22. The van der Waals surface area contributed by atoms with Gasteiger partial charge in [-0.2, -0.15) is 0 Å². The fraction of sp³-hybridized carbons (Fsp3) is 0.375. The van der Waals surface area contributed by atoms with Gasteiger partial charge in [-0.25, -0.2) is 4.98 Å². The number of unbranched alkanes of at least 4 members (excludes halogenated alkanes) is 3. The molecule has 4 nitrogen and oxygen atoms in total. The minimum Gasteiger partial charge on any atom is -0.345 e. The van der Waals surface area contributed by atoms with Gasteiger partial charge in [0.25, 0.3) is 0 Å². The second kappa shape index (κ2) is 7.48. The first kappa shape index (κ1) is 14.3. The number of rotatable bonds is 8. The predicted octanol–water partition coefficient (Wildman–Crippen LogP) is 4.07. The van der Waals surface area contributed by atoms with Gasteiger partial charge in [-0.3, -0.25) is 5.41 Å². The SMILES string of the molecule is CCCCCCN(C=N)c1ccc(-c2cnc[nH]2)cc1. The van der Waals surface area contributed by atoms with Gasteiger partial charge in [0.1, 0.15) is 0 Å². The monoisotopic (exact) mass is 270 g/mol. The van der Waals surface area contributed by atoms with Crippen LogP contribution in [0.15, 0.2) is 36.8 Å². The highest BCUT2D eigenvalue weighted by atomic mass is 15.1. The van der Waals surface area contributed by atoms with Crippen molar-refractivity contribution < 1.29 is 0 Å². The van der Waals surface area contributed by atoms with E-state index in [4.69, 9.17) is 5.41 Å². The molecule has 20 heavy (non-hydrogen) atoms. The van der Waals surface area contributed by atoms with Crippen LogP contribution in [0.1, 0.15) is 32.6 Å². The molecule has 0 saturated heterocycles.